The van der Waals surface area contributed by atoms with Crippen molar-refractivity contribution in [3.05, 3.63) is 0 Å². The van der Waals surface area contributed by atoms with E-state index >= 15 is 0 Å². The topological polar surface area (TPSA) is 165 Å². The SMILES string of the molecule is COc1nc(OC)nc(O[C@H]2O[C@H](CO)[C@@H](O)[C@H](O)[C@H]2NC(C)=O)n1. The number of methoxy groups -OCH3 is 2. The van der Waals surface area contributed by atoms with Crippen molar-refractivity contribution in [1.82, 2.24) is 20.3 Å². The maximum Gasteiger partial charge on any atom is 0.328 e. The third-order valence-electron chi connectivity index (χ3n) is 3.41. The van der Waals surface area contributed by atoms with Crippen molar-refractivity contribution in [2.75, 3.05) is 20.8 Å². The molecule has 12 heteroatoms. The monoisotopic (exact) mass is 360 g/mol. The van der Waals surface area contributed by atoms with Gasteiger partial charge in [-0.15, -0.1) is 15.0 Å². The van der Waals surface area contributed by atoms with Crippen LogP contribution in [0.2, 0.25) is 0 Å². The lowest BCUT2D eigenvalue weighted by molar-refractivity contribution is -0.246. The van der Waals surface area contributed by atoms with E-state index in [1.165, 1.54) is 21.1 Å². The maximum absolute atomic E-state index is 11.4. The molecule has 0 unspecified atom stereocenters. The average molecular weight is 360 g/mol. The van der Waals surface area contributed by atoms with Crippen LogP contribution in [0.15, 0.2) is 0 Å². The Balaban J connectivity index is 2.28. The summed E-state index contributed by atoms with van der Waals surface area (Å²) in [7, 11) is 2.66. The Labute approximate surface area is 142 Å². The summed E-state index contributed by atoms with van der Waals surface area (Å²) in [6, 6.07) is -1.57. The highest BCUT2D eigenvalue weighted by Gasteiger charge is 2.46. The summed E-state index contributed by atoms with van der Waals surface area (Å²) in [4.78, 5) is 22.9. The van der Waals surface area contributed by atoms with Gasteiger partial charge in [0.25, 0.3) is 0 Å². The molecule has 0 aliphatic carbocycles. The van der Waals surface area contributed by atoms with Crippen molar-refractivity contribution < 1.29 is 39.1 Å². The molecule has 1 fully saturated rings. The first-order valence-electron chi connectivity index (χ1n) is 7.29. The average Bonchev–Trinajstić information content (AvgIpc) is 2.60. The number of hydrogen-bond acceptors (Lipinski definition) is 11. The van der Waals surface area contributed by atoms with E-state index in [1.54, 1.807) is 0 Å². The summed E-state index contributed by atoms with van der Waals surface area (Å²) in [5.74, 6) is -0.485. The summed E-state index contributed by atoms with van der Waals surface area (Å²) >= 11 is 0. The lowest BCUT2D eigenvalue weighted by atomic mass is 9.97. The van der Waals surface area contributed by atoms with Crippen molar-refractivity contribution >= 4 is 5.91 Å². The van der Waals surface area contributed by atoms with Gasteiger partial charge in [-0.3, -0.25) is 4.79 Å². The molecule has 2 rings (SSSR count). The molecule has 0 spiro atoms. The second kappa shape index (κ2) is 8.20. The van der Waals surface area contributed by atoms with E-state index in [0.29, 0.717) is 0 Å². The van der Waals surface area contributed by atoms with Crippen LogP contribution >= 0.6 is 0 Å². The van der Waals surface area contributed by atoms with Gasteiger partial charge in [-0.2, -0.15) is 0 Å². The molecule has 1 amide bonds. The number of nitrogens with zero attached hydrogens (tertiary/aromatic N) is 3. The Bertz CT molecular complexity index is 581. The number of rotatable bonds is 6. The molecule has 25 heavy (non-hydrogen) atoms. The highest BCUT2D eigenvalue weighted by molar-refractivity contribution is 5.73. The van der Waals surface area contributed by atoms with Gasteiger partial charge in [0.15, 0.2) is 0 Å². The van der Waals surface area contributed by atoms with Crippen molar-refractivity contribution in [2.45, 2.75) is 37.6 Å². The van der Waals surface area contributed by atoms with Crippen molar-refractivity contribution in [3.63, 3.8) is 0 Å². The van der Waals surface area contributed by atoms with Crippen LogP contribution in [0.1, 0.15) is 6.92 Å². The highest BCUT2D eigenvalue weighted by atomic mass is 16.7. The number of carbonyl (C=O) groups is 1. The van der Waals surface area contributed by atoms with Crippen LogP contribution in [0.5, 0.6) is 18.0 Å². The van der Waals surface area contributed by atoms with Crippen molar-refractivity contribution in [3.8, 4) is 18.0 Å². The quantitative estimate of drug-likeness (QED) is 0.414. The van der Waals surface area contributed by atoms with E-state index in [4.69, 9.17) is 18.9 Å². The second-order valence-electron chi connectivity index (χ2n) is 5.14. The van der Waals surface area contributed by atoms with Crippen LogP contribution in [0, 0.1) is 0 Å². The van der Waals surface area contributed by atoms with Gasteiger partial charge in [-0.1, -0.05) is 0 Å². The number of aromatic nitrogens is 3. The Kier molecular flexibility index (Phi) is 6.25. The summed E-state index contributed by atoms with van der Waals surface area (Å²) in [5.41, 5.74) is 0. The number of nitrogens with one attached hydrogen (secondary N) is 1. The van der Waals surface area contributed by atoms with Gasteiger partial charge in [0.05, 0.1) is 20.8 Å². The summed E-state index contributed by atoms with van der Waals surface area (Å²) in [6.45, 7) is 0.651. The maximum atomic E-state index is 11.4. The van der Waals surface area contributed by atoms with E-state index in [1.807, 2.05) is 0 Å². The zero-order chi connectivity index (χ0) is 18.6. The van der Waals surface area contributed by atoms with Crippen molar-refractivity contribution in [2.24, 2.45) is 0 Å². The molecule has 1 saturated heterocycles. The highest BCUT2D eigenvalue weighted by Crippen LogP contribution is 2.24. The van der Waals surface area contributed by atoms with Gasteiger partial charge in [0.2, 0.25) is 12.2 Å². The molecule has 12 nitrogen and oxygen atoms in total. The Morgan fingerprint density at radius 2 is 1.68 bits per heavy atom. The predicted molar refractivity (Wildman–Crippen MR) is 78.9 cm³/mol. The first-order valence-corrected chi connectivity index (χ1v) is 7.29. The van der Waals surface area contributed by atoms with Gasteiger partial charge in [0.1, 0.15) is 24.4 Å². The fraction of sp³-hybridized carbons (Fsp3) is 0.692. The van der Waals surface area contributed by atoms with E-state index in [0.717, 1.165) is 0 Å². The number of ether oxygens (including phenoxy) is 4. The number of hydrogen-bond donors (Lipinski definition) is 4. The van der Waals surface area contributed by atoms with Crippen LogP contribution in [0.3, 0.4) is 0 Å². The first-order chi connectivity index (χ1) is 11.9. The largest absolute Gasteiger partial charge is 0.467 e. The minimum absolute atomic E-state index is 0.0898. The summed E-state index contributed by atoms with van der Waals surface area (Å²) in [6.07, 6.45) is -5.30. The Morgan fingerprint density at radius 3 is 2.16 bits per heavy atom. The molecule has 0 saturated carbocycles. The molecule has 1 aliphatic rings. The van der Waals surface area contributed by atoms with Crippen LogP contribution in [0.25, 0.3) is 0 Å². The molecular weight excluding hydrogens is 340 g/mol. The summed E-state index contributed by atoms with van der Waals surface area (Å²) < 4.78 is 20.7. The lowest BCUT2D eigenvalue weighted by Gasteiger charge is -2.41. The number of amides is 1. The van der Waals surface area contributed by atoms with E-state index in [2.05, 4.69) is 20.3 Å². The first kappa shape index (κ1) is 19.1. The fourth-order valence-electron chi connectivity index (χ4n) is 2.23. The normalized spacial score (nSPS) is 29.0. The fourth-order valence-corrected chi connectivity index (χ4v) is 2.23. The molecular formula is C13H20N4O8. The number of aliphatic hydroxyl groups is 3. The van der Waals surface area contributed by atoms with E-state index < -0.39 is 43.2 Å². The summed E-state index contributed by atoms with van der Waals surface area (Å²) in [5, 5.41) is 31.8. The molecule has 140 valence electrons. The molecule has 5 atom stereocenters. The van der Waals surface area contributed by atoms with Crippen LogP contribution < -0.4 is 19.5 Å². The third kappa shape index (κ3) is 4.42. The number of carbonyl (C=O) groups excluding carboxylic acids is 1. The van der Waals surface area contributed by atoms with Gasteiger partial charge < -0.3 is 39.6 Å². The smallest absolute Gasteiger partial charge is 0.328 e. The van der Waals surface area contributed by atoms with Gasteiger partial charge >= 0.3 is 18.0 Å². The molecule has 1 aliphatic heterocycles. The van der Waals surface area contributed by atoms with Crippen molar-refractivity contribution in [1.29, 1.82) is 0 Å². The van der Waals surface area contributed by atoms with Gasteiger partial charge in [-0.05, 0) is 0 Å². The zero-order valence-corrected chi connectivity index (χ0v) is 13.8. The molecule has 1 aromatic rings. The molecule has 4 N–H and O–H groups in total. The van der Waals surface area contributed by atoms with Gasteiger partial charge in [-0.25, -0.2) is 0 Å². The minimum Gasteiger partial charge on any atom is -0.467 e. The Hall–Kier alpha value is -2.28. The third-order valence-corrected chi connectivity index (χ3v) is 3.41. The van der Waals surface area contributed by atoms with Crippen LogP contribution in [0.4, 0.5) is 0 Å². The molecule has 2 heterocycles. The molecule has 0 bridgehead atoms. The predicted octanol–water partition coefficient (Wildman–Crippen LogP) is -2.79. The second-order valence-corrected chi connectivity index (χ2v) is 5.14. The Morgan fingerprint density at radius 1 is 1.12 bits per heavy atom. The van der Waals surface area contributed by atoms with Crippen LogP contribution in [-0.2, 0) is 9.53 Å². The zero-order valence-electron chi connectivity index (χ0n) is 13.8. The standard InChI is InChI=1S/C13H20N4O8/c1-5(19)14-7-9(21)8(20)6(4-18)24-10(7)25-13-16-11(22-2)15-12(17-13)23-3/h6-10,18,20-21H,4H2,1-3H3,(H,14,19)/t6-,7-,8-,9-,10-/m1/s1. The van der Waals surface area contributed by atoms with Gasteiger partial charge in [0, 0.05) is 6.92 Å². The van der Waals surface area contributed by atoms with Crippen LogP contribution in [-0.4, -0.2) is 87.6 Å². The van der Waals surface area contributed by atoms with E-state index in [-0.39, 0.29) is 18.0 Å². The lowest BCUT2D eigenvalue weighted by Crippen LogP contribution is -2.65. The number of aliphatic hydroxyl groups excluding tert-OH is 3. The molecule has 0 aromatic carbocycles. The minimum atomic E-state index is -1.45. The molecule has 0 radical (unpaired) electrons. The van der Waals surface area contributed by atoms with E-state index in [9.17, 15) is 20.1 Å². The molecule has 1 aromatic heterocycles.